The van der Waals surface area contributed by atoms with Crippen molar-refractivity contribution in [1.29, 1.82) is 0 Å². The van der Waals surface area contributed by atoms with E-state index in [1.165, 1.54) is 42.9 Å². The summed E-state index contributed by atoms with van der Waals surface area (Å²) in [5.41, 5.74) is 5.12. The SMILES string of the molecule is Cc1ccc(Cn2nc(C)c(/C=C/C(=O)OCC(=O)NC(C)C3CC4CCC3C4)c2C)cc1. The lowest BCUT2D eigenvalue weighted by atomic mass is 9.84. The quantitative estimate of drug-likeness (QED) is 0.480. The van der Waals surface area contributed by atoms with Gasteiger partial charge in [-0.3, -0.25) is 9.48 Å². The van der Waals surface area contributed by atoms with E-state index >= 15 is 0 Å². The van der Waals surface area contributed by atoms with E-state index in [4.69, 9.17) is 4.74 Å². The van der Waals surface area contributed by atoms with Crippen LogP contribution in [0.4, 0.5) is 0 Å². The maximum Gasteiger partial charge on any atom is 0.331 e. The fourth-order valence-electron chi connectivity index (χ4n) is 5.62. The molecule has 1 heterocycles. The smallest absolute Gasteiger partial charge is 0.331 e. The molecule has 2 bridgehead atoms. The first-order valence-corrected chi connectivity index (χ1v) is 12.0. The zero-order valence-corrected chi connectivity index (χ0v) is 20.1. The number of aryl methyl sites for hydroxylation is 2. The Morgan fingerprint density at radius 1 is 1.18 bits per heavy atom. The first kappa shape index (κ1) is 23.3. The van der Waals surface area contributed by atoms with Crippen LogP contribution in [0.3, 0.4) is 0 Å². The highest BCUT2D eigenvalue weighted by Crippen LogP contribution is 2.49. The summed E-state index contributed by atoms with van der Waals surface area (Å²) in [6.45, 7) is 8.48. The zero-order valence-electron chi connectivity index (χ0n) is 20.1. The van der Waals surface area contributed by atoms with Crippen molar-refractivity contribution in [3.63, 3.8) is 0 Å². The Kier molecular flexibility index (Phi) is 7.01. The second-order valence-corrected chi connectivity index (χ2v) is 9.86. The van der Waals surface area contributed by atoms with Crippen molar-refractivity contribution >= 4 is 18.0 Å². The minimum absolute atomic E-state index is 0.131. The van der Waals surface area contributed by atoms with Crippen LogP contribution in [0.15, 0.2) is 30.3 Å². The minimum atomic E-state index is -0.525. The minimum Gasteiger partial charge on any atom is -0.452 e. The number of benzene rings is 1. The Hall–Kier alpha value is -2.89. The number of amides is 1. The molecule has 176 valence electrons. The van der Waals surface area contributed by atoms with E-state index in [-0.39, 0.29) is 18.6 Å². The number of nitrogens with zero attached hydrogens (tertiary/aromatic N) is 2. The van der Waals surface area contributed by atoms with Crippen molar-refractivity contribution < 1.29 is 14.3 Å². The van der Waals surface area contributed by atoms with Crippen molar-refractivity contribution in [2.75, 3.05) is 6.61 Å². The molecule has 2 fully saturated rings. The van der Waals surface area contributed by atoms with Gasteiger partial charge in [0.05, 0.1) is 12.2 Å². The molecule has 33 heavy (non-hydrogen) atoms. The number of rotatable bonds is 8. The molecular weight excluding hydrogens is 414 g/mol. The van der Waals surface area contributed by atoms with E-state index in [1.807, 2.05) is 18.5 Å². The molecule has 0 radical (unpaired) electrons. The molecule has 4 rings (SSSR count). The number of fused-ring (bicyclic) bond motifs is 2. The van der Waals surface area contributed by atoms with Crippen molar-refractivity contribution in [2.24, 2.45) is 17.8 Å². The van der Waals surface area contributed by atoms with Gasteiger partial charge in [0.25, 0.3) is 5.91 Å². The first-order chi connectivity index (χ1) is 15.8. The molecule has 2 aliphatic carbocycles. The van der Waals surface area contributed by atoms with Crippen LogP contribution in [0, 0.1) is 38.5 Å². The van der Waals surface area contributed by atoms with Gasteiger partial charge in [0.2, 0.25) is 0 Å². The standard InChI is InChI=1S/C27H35N3O3/c1-17-5-7-21(8-6-17)15-30-20(4)24(19(3)29-30)11-12-27(32)33-16-26(31)28-18(2)25-14-22-9-10-23(25)13-22/h5-8,11-12,18,22-23,25H,9-10,13-16H2,1-4H3,(H,28,31)/b12-11+. The maximum atomic E-state index is 12.3. The average Bonchev–Trinajstić information content (AvgIpc) is 3.48. The molecule has 1 amide bonds. The van der Waals surface area contributed by atoms with Gasteiger partial charge in [0.1, 0.15) is 0 Å². The van der Waals surface area contributed by atoms with Gasteiger partial charge >= 0.3 is 5.97 Å². The van der Waals surface area contributed by atoms with E-state index in [2.05, 4.69) is 48.5 Å². The molecule has 1 N–H and O–H groups in total. The number of carbonyl (C=O) groups is 2. The molecule has 2 aromatic rings. The number of nitrogens with one attached hydrogen (secondary N) is 1. The van der Waals surface area contributed by atoms with Crippen molar-refractivity contribution in [2.45, 2.75) is 66.0 Å². The predicted octanol–water partition coefficient (Wildman–Crippen LogP) is 4.35. The lowest BCUT2D eigenvalue weighted by molar-refractivity contribution is -0.144. The van der Waals surface area contributed by atoms with E-state index in [0.29, 0.717) is 12.5 Å². The van der Waals surface area contributed by atoms with Crippen molar-refractivity contribution in [1.82, 2.24) is 15.1 Å². The topological polar surface area (TPSA) is 73.2 Å². The summed E-state index contributed by atoms with van der Waals surface area (Å²) in [7, 11) is 0. The van der Waals surface area contributed by atoms with Gasteiger partial charge in [0.15, 0.2) is 6.61 Å². The number of ether oxygens (including phenoxy) is 1. The summed E-state index contributed by atoms with van der Waals surface area (Å²) >= 11 is 0. The van der Waals surface area contributed by atoms with Gasteiger partial charge in [-0.15, -0.1) is 0 Å². The van der Waals surface area contributed by atoms with Gasteiger partial charge in [-0.2, -0.15) is 5.10 Å². The Balaban J connectivity index is 1.27. The van der Waals surface area contributed by atoms with Gasteiger partial charge in [0, 0.05) is 23.4 Å². The molecule has 4 atom stereocenters. The zero-order chi connectivity index (χ0) is 23.5. The van der Waals surface area contributed by atoms with Crippen LogP contribution in [-0.4, -0.2) is 34.3 Å². The third-order valence-electron chi connectivity index (χ3n) is 7.45. The molecule has 6 nitrogen and oxygen atoms in total. The van der Waals surface area contributed by atoms with Gasteiger partial charge < -0.3 is 10.1 Å². The van der Waals surface area contributed by atoms with Crippen molar-refractivity contribution in [3.05, 3.63) is 58.4 Å². The summed E-state index contributed by atoms with van der Waals surface area (Å²) < 4.78 is 7.12. The summed E-state index contributed by atoms with van der Waals surface area (Å²) in [5, 5.41) is 7.65. The third-order valence-corrected chi connectivity index (χ3v) is 7.45. The number of hydrogen-bond donors (Lipinski definition) is 1. The van der Waals surface area contributed by atoms with Crippen LogP contribution in [-0.2, 0) is 20.9 Å². The lowest BCUT2D eigenvalue weighted by Gasteiger charge is -2.28. The highest BCUT2D eigenvalue weighted by molar-refractivity contribution is 5.89. The molecule has 6 heteroatoms. The van der Waals surface area contributed by atoms with E-state index in [1.54, 1.807) is 6.08 Å². The molecule has 0 aliphatic heterocycles. The number of esters is 1. The Bertz CT molecular complexity index is 1040. The number of hydrogen-bond acceptors (Lipinski definition) is 4. The largest absolute Gasteiger partial charge is 0.452 e. The lowest BCUT2D eigenvalue weighted by Crippen LogP contribution is -2.41. The number of aromatic nitrogens is 2. The summed E-state index contributed by atoms with van der Waals surface area (Å²) in [5.74, 6) is 1.39. The van der Waals surface area contributed by atoms with E-state index in [0.717, 1.165) is 28.8 Å². The summed E-state index contributed by atoms with van der Waals surface area (Å²) in [6.07, 6.45) is 8.25. The summed E-state index contributed by atoms with van der Waals surface area (Å²) in [4.78, 5) is 24.5. The van der Waals surface area contributed by atoms with Gasteiger partial charge in [-0.25, -0.2) is 4.79 Å². The summed E-state index contributed by atoms with van der Waals surface area (Å²) in [6, 6.07) is 8.51. The molecule has 1 aromatic heterocycles. The van der Waals surface area contributed by atoms with E-state index in [9.17, 15) is 9.59 Å². The molecule has 0 spiro atoms. The molecular formula is C27H35N3O3. The highest BCUT2D eigenvalue weighted by atomic mass is 16.5. The van der Waals surface area contributed by atoms with Crippen LogP contribution in [0.1, 0.15) is 60.7 Å². The predicted molar refractivity (Wildman–Crippen MR) is 129 cm³/mol. The second kappa shape index (κ2) is 9.94. The fraction of sp³-hybridized carbons (Fsp3) is 0.519. The molecule has 0 saturated heterocycles. The van der Waals surface area contributed by atoms with E-state index < -0.39 is 5.97 Å². The normalized spacial score (nSPS) is 22.6. The first-order valence-electron chi connectivity index (χ1n) is 12.0. The monoisotopic (exact) mass is 449 g/mol. The van der Waals surface area contributed by atoms with Crippen molar-refractivity contribution in [3.8, 4) is 0 Å². The van der Waals surface area contributed by atoms with Gasteiger partial charge in [-0.05, 0) is 76.4 Å². The van der Waals surface area contributed by atoms with Gasteiger partial charge in [-0.1, -0.05) is 36.2 Å². The molecule has 1 aromatic carbocycles. The molecule has 2 aliphatic rings. The maximum absolute atomic E-state index is 12.3. The average molecular weight is 450 g/mol. The Morgan fingerprint density at radius 3 is 2.61 bits per heavy atom. The van der Waals surface area contributed by atoms with Crippen LogP contribution < -0.4 is 5.32 Å². The second-order valence-electron chi connectivity index (χ2n) is 9.86. The van der Waals surface area contributed by atoms with Crippen LogP contribution in [0.2, 0.25) is 0 Å². The Labute approximate surface area is 196 Å². The molecule has 2 saturated carbocycles. The van der Waals surface area contributed by atoms with Crippen LogP contribution >= 0.6 is 0 Å². The third kappa shape index (κ3) is 5.55. The highest BCUT2D eigenvalue weighted by Gasteiger charge is 2.42. The molecule has 4 unspecified atom stereocenters. The van der Waals surface area contributed by atoms with Crippen LogP contribution in [0.25, 0.3) is 6.08 Å². The number of carbonyl (C=O) groups excluding carboxylic acids is 2. The van der Waals surface area contributed by atoms with Crippen LogP contribution in [0.5, 0.6) is 0 Å². The Morgan fingerprint density at radius 2 is 1.94 bits per heavy atom. The fourth-order valence-corrected chi connectivity index (χ4v) is 5.62.